The summed E-state index contributed by atoms with van der Waals surface area (Å²) in [5, 5.41) is 0. The van der Waals surface area contributed by atoms with Crippen molar-refractivity contribution in [2.45, 2.75) is 45.4 Å². The maximum Gasteiger partial charge on any atom is 0.159 e. The van der Waals surface area contributed by atoms with Crippen LogP contribution in [0.1, 0.15) is 54.9 Å². The van der Waals surface area contributed by atoms with Crippen molar-refractivity contribution in [3.8, 4) is 0 Å². The van der Waals surface area contributed by atoms with E-state index in [-0.39, 0.29) is 12.0 Å². The monoisotopic (exact) mass is 348 g/mol. The van der Waals surface area contributed by atoms with Crippen molar-refractivity contribution in [3.05, 3.63) is 69.8 Å². The molecule has 2 aromatic rings. The van der Waals surface area contributed by atoms with Gasteiger partial charge in [-0.1, -0.05) is 32.3 Å². The van der Waals surface area contributed by atoms with Crippen LogP contribution in [0, 0.1) is 23.3 Å². The predicted octanol–water partition coefficient (Wildman–Crippen LogP) is 6.46. The zero-order valence-corrected chi connectivity index (χ0v) is 14.1. The number of hydrogen-bond donors (Lipinski definition) is 0. The van der Waals surface area contributed by atoms with Crippen LogP contribution in [0.25, 0.3) is 11.6 Å². The Morgan fingerprint density at radius 2 is 1.48 bits per heavy atom. The van der Waals surface area contributed by atoms with Crippen LogP contribution in [0.4, 0.5) is 17.6 Å². The molecule has 0 spiro atoms. The summed E-state index contributed by atoms with van der Waals surface area (Å²) in [6.07, 6.45) is 6.52. The molecule has 0 unspecified atom stereocenters. The second-order valence-corrected chi connectivity index (χ2v) is 6.56. The Morgan fingerprint density at radius 3 is 2.16 bits per heavy atom. The average Bonchev–Trinajstić information content (AvgIpc) is 2.93. The highest BCUT2D eigenvalue weighted by molar-refractivity contribution is 5.89. The van der Waals surface area contributed by atoms with E-state index in [1.54, 1.807) is 0 Å². The number of rotatable bonds is 6. The maximum atomic E-state index is 14.5. The van der Waals surface area contributed by atoms with Gasteiger partial charge in [0.05, 0.1) is 0 Å². The third-order valence-electron chi connectivity index (χ3n) is 4.63. The smallest absolute Gasteiger partial charge is 0.159 e. The Kier molecular flexibility index (Phi) is 5.26. The Hall–Kier alpha value is -2.10. The number of halogens is 4. The third-order valence-corrected chi connectivity index (χ3v) is 4.63. The minimum Gasteiger partial charge on any atom is -0.206 e. The van der Waals surface area contributed by atoms with Gasteiger partial charge in [0.25, 0.3) is 0 Å². The minimum absolute atomic E-state index is 0.102. The Bertz CT molecular complexity index is 798. The van der Waals surface area contributed by atoms with Crippen LogP contribution in [-0.2, 0) is 12.8 Å². The first-order valence-corrected chi connectivity index (χ1v) is 8.66. The zero-order chi connectivity index (χ0) is 18.0. The van der Waals surface area contributed by atoms with Crippen molar-refractivity contribution in [2.75, 3.05) is 0 Å². The first kappa shape index (κ1) is 17.7. The normalized spacial score (nSPS) is 13.1. The van der Waals surface area contributed by atoms with Crippen molar-refractivity contribution >= 4 is 11.6 Å². The van der Waals surface area contributed by atoms with Gasteiger partial charge in [-0.3, -0.25) is 0 Å². The van der Waals surface area contributed by atoms with Crippen molar-refractivity contribution in [2.24, 2.45) is 0 Å². The van der Waals surface area contributed by atoms with E-state index in [1.165, 1.54) is 18.2 Å². The Morgan fingerprint density at radius 1 is 0.800 bits per heavy atom. The molecule has 132 valence electrons. The van der Waals surface area contributed by atoms with Crippen LogP contribution < -0.4 is 0 Å². The van der Waals surface area contributed by atoms with Crippen LogP contribution >= 0.6 is 0 Å². The highest BCUT2D eigenvalue weighted by Crippen LogP contribution is 2.35. The lowest BCUT2D eigenvalue weighted by Gasteiger charge is -2.09. The molecule has 0 saturated carbocycles. The van der Waals surface area contributed by atoms with Gasteiger partial charge in [-0.2, -0.15) is 0 Å². The molecule has 0 nitrogen and oxygen atoms in total. The van der Waals surface area contributed by atoms with E-state index in [0.717, 1.165) is 37.8 Å². The summed E-state index contributed by atoms with van der Waals surface area (Å²) in [5.74, 6) is -3.15. The Balaban J connectivity index is 1.83. The fourth-order valence-electron chi connectivity index (χ4n) is 3.33. The molecular weight excluding hydrogens is 328 g/mol. The number of unbranched alkanes of at least 4 members (excludes halogenated alkanes) is 3. The van der Waals surface area contributed by atoms with Crippen LogP contribution in [0.15, 0.2) is 24.3 Å². The van der Waals surface area contributed by atoms with Gasteiger partial charge < -0.3 is 0 Å². The van der Waals surface area contributed by atoms with Gasteiger partial charge >= 0.3 is 0 Å². The summed E-state index contributed by atoms with van der Waals surface area (Å²) >= 11 is 0. The van der Waals surface area contributed by atoms with Gasteiger partial charge in [-0.05, 0) is 65.8 Å². The summed E-state index contributed by atoms with van der Waals surface area (Å²) in [6, 6.07) is 4.90. The van der Waals surface area contributed by atoms with E-state index in [1.807, 2.05) is 0 Å². The molecule has 0 bridgehead atoms. The lowest BCUT2D eigenvalue weighted by atomic mass is 9.98. The summed E-state index contributed by atoms with van der Waals surface area (Å²) < 4.78 is 55.7. The number of aryl methyl sites for hydroxylation is 1. The first-order chi connectivity index (χ1) is 12.0. The van der Waals surface area contributed by atoms with Gasteiger partial charge in [-0.25, -0.2) is 17.6 Å². The molecule has 2 aromatic carbocycles. The van der Waals surface area contributed by atoms with Gasteiger partial charge in [0.15, 0.2) is 11.6 Å². The van der Waals surface area contributed by atoms with E-state index >= 15 is 0 Å². The highest BCUT2D eigenvalue weighted by atomic mass is 19.2. The molecule has 25 heavy (non-hydrogen) atoms. The SMILES string of the molecule is CCCCCCc1cc(F)c(C2=Cc3cc(F)c(F)cc3C2)c(F)c1. The quantitative estimate of drug-likeness (QED) is 0.415. The molecule has 3 rings (SSSR count). The molecule has 0 radical (unpaired) electrons. The maximum absolute atomic E-state index is 14.5. The van der Waals surface area contributed by atoms with E-state index < -0.39 is 23.3 Å². The minimum atomic E-state index is -0.959. The summed E-state index contributed by atoms with van der Waals surface area (Å²) in [6.45, 7) is 2.11. The van der Waals surface area contributed by atoms with E-state index in [2.05, 4.69) is 6.92 Å². The summed E-state index contributed by atoms with van der Waals surface area (Å²) in [4.78, 5) is 0. The number of hydrogen-bond acceptors (Lipinski definition) is 0. The molecule has 0 N–H and O–H groups in total. The molecule has 0 amide bonds. The molecule has 0 fully saturated rings. The van der Waals surface area contributed by atoms with Gasteiger partial charge in [0.1, 0.15) is 11.6 Å². The molecule has 0 aliphatic heterocycles. The number of benzene rings is 2. The van der Waals surface area contributed by atoms with E-state index in [9.17, 15) is 17.6 Å². The molecule has 1 aliphatic carbocycles. The topological polar surface area (TPSA) is 0 Å². The molecule has 0 atom stereocenters. The molecule has 0 heterocycles. The largest absolute Gasteiger partial charge is 0.206 e. The fraction of sp³-hybridized carbons (Fsp3) is 0.333. The first-order valence-electron chi connectivity index (χ1n) is 8.66. The molecule has 1 aliphatic rings. The average molecular weight is 348 g/mol. The predicted molar refractivity (Wildman–Crippen MR) is 92.1 cm³/mol. The van der Waals surface area contributed by atoms with Crippen LogP contribution in [0.3, 0.4) is 0 Å². The second kappa shape index (κ2) is 7.42. The number of allylic oxidation sites excluding steroid dienone is 1. The second-order valence-electron chi connectivity index (χ2n) is 6.56. The van der Waals surface area contributed by atoms with Crippen molar-refractivity contribution < 1.29 is 17.6 Å². The standard InChI is InChI=1S/C21H20F4/c1-2-3-4-5-6-13-7-19(24)21(20(25)8-13)16-9-14-11-17(22)18(23)12-15(14)10-16/h7-9,11-12H,2-6,10H2,1H3. The van der Waals surface area contributed by atoms with Crippen LogP contribution in [0.2, 0.25) is 0 Å². The van der Waals surface area contributed by atoms with E-state index in [0.29, 0.717) is 28.7 Å². The third kappa shape index (κ3) is 3.78. The summed E-state index contributed by atoms with van der Waals surface area (Å²) in [7, 11) is 0. The van der Waals surface area contributed by atoms with Gasteiger partial charge in [0.2, 0.25) is 0 Å². The van der Waals surface area contributed by atoms with E-state index in [4.69, 9.17) is 0 Å². The fourth-order valence-corrected chi connectivity index (χ4v) is 3.33. The van der Waals surface area contributed by atoms with Crippen LogP contribution in [-0.4, -0.2) is 0 Å². The highest BCUT2D eigenvalue weighted by Gasteiger charge is 2.22. The summed E-state index contributed by atoms with van der Waals surface area (Å²) in [5.41, 5.74) is 1.96. The van der Waals surface area contributed by atoms with Crippen molar-refractivity contribution in [1.29, 1.82) is 0 Å². The van der Waals surface area contributed by atoms with Gasteiger partial charge in [-0.15, -0.1) is 0 Å². The van der Waals surface area contributed by atoms with Crippen molar-refractivity contribution in [1.82, 2.24) is 0 Å². The molecular formula is C21H20F4. The van der Waals surface area contributed by atoms with Gasteiger partial charge in [0, 0.05) is 5.56 Å². The molecule has 4 heteroatoms. The number of fused-ring (bicyclic) bond motifs is 1. The zero-order valence-electron chi connectivity index (χ0n) is 14.1. The molecule has 0 saturated heterocycles. The molecule has 0 aromatic heterocycles. The van der Waals surface area contributed by atoms with Crippen LogP contribution in [0.5, 0.6) is 0 Å². The lowest BCUT2D eigenvalue weighted by molar-refractivity contribution is 0.507. The Labute approximate surface area is 145 Å². The van der Waals surface area contributed by atoms with Crippen molar-refractivity contribution in [3.63, 3.8) is 0 Å². The lowest BCUT2D eigenvalue weighted by Crippen LogP contribution is -1.99.